The summed E-state index contributed by atoms with van der Waals surface area (Å²) in [6, 6.07) is 20.8. The van der Waals surface area contributed by atoms with Crippen molar-refractivity contribution in [1.82, 2.24) is 14.5 Å². The summed E-state index contributed by atoms with van der Waals surface area (Å²) in [7, 11) is 1.64. The first-order valence-corrected chi connectivity index (χ1v) is 8.96. The van der Waals surface area contributed by atoms with Crippen LogP contribution in [0.1, 0.15) is 17.1 Å². The average Bonchev–Trinajstić information content (AvgIpc) is 2.75. The minimum Gasteiger partial charge on any atom is -0.497 e. The molecule has 0 aliphatic rings. The van der Waals surface area contributed by atoms with Gasteiger partial charge in [0, 0.05) is 6.20 Å². The molecule has 4 rings (SSSR count). The Labute approximate surface area is 162 Å². The monoisotopic (exact) mass is 369 g/mol. The maximum Gasteiger partial charge on any atom is 0.261 e. The Morgan fingerprint density at radius 1 is 0.964 bits per heavy atom. The third-order valence-electron chi connectivity index (χ3n) is 4.48. The molecular weight excluding hydrogens is 350 g/mol. The minimum atomic E-state index is -0.0781. The Morgan fingerprint density at radius 2 is 1.75 bits per heavy atom. The molecule has 0 unspecified atom stereocenters. The topological polar surface area (TPSA) is 57.0 Å². The zero-order valence-corrected chi connectivity index (χ0v) is 15.4. The van der Waals surface area contributed by atoms with Crippen LogP contribution in [-0.4, -0.2) is 21.6 Å². The van der Waals surface area contributed by atoms with Gasteiger partial charge in [-0.05, 0) is 48.0 Å². The van der Waals surface area contributed by atoms with Crippen molar-refractivity contribution < 1.29 is 4.74 Å². The molecule has 0 aliphatic carbocycles. The van der Waals surface area contributed by atoms with E-state index in [2.05, 4.69) is 4.98 Å². The van der Waals surface area contributed by atoms with Crippen molar-refractivity contribution in [1.29, 1.82) is 0 Å². The normalized spacial score (nSPS) is 11.2. The van der Waals surface area contributed by atoms with Gasteiger partial charge in [-0.2, -0.15) is 0 Å². The summed E-state index contributed by atoms with van der Waals surface area (Å²) in [5.74, 6) is 1.39. The molecule has 0 saturated carbocycles. The molecule has 2 aromatic heterocycles. The number of methoxy groups -OCH3 is 1. The van der Waals surface area contributed by atoms with Gasteiger partial charge >= 0.3 is 0 Å². The Kier molecular flexibility index (Phi) is 4.97. The number of para-hydroxylation sites is 1. The highest BCUT2D eigenvalue weighted by atomic mass is 16.5. The fourth-order valence-electron chi connectivity index (χ4n) is 3.00. The van der Waals surface area contributed by atoms with Gasteiger partial charge in [-0.25, -0.2) is 4.98 Å². The highest BCUT2D eigenvalue weighted by Crippen LogP contribution is 2.15. The number of hydrogen-bond donors (Lipinski definition) is 0. The number of rotatable bonds is 5. The smallest absolute Gasteiger partial charge is 0.261 e. The molecule has 0 aliphatic heterocycles. The molecule has 0 N–H and O–H groups in total. The number of pyridine rings is 1. The molecule has 0 amide bonds. The summed E-state index contributed by atoms with van der Waals surface area (Å²) < 4.78 is 6.85. The first-order chi connectivity index (χ1) is 13.7. The number of benzene rings is 2. The van der Waals surface area contributed by atoms with Crippen molar-refractivity contribution in [3.63, 3.8) is 0 Å². The number of nitrogens with zero attached hydrogens (tertiary/aromatic N) is 3. The Morgan fingerprint density at radius 3 is 2.50 bits per heavy atom. The lowest BCUT2D eigenvalue weighted by Gasteiger charge is -2.11. The SMILES string of the molecule is COc1ccc(/C=C/c2nc3ccccc3c(=O)n2Cc2ccccn2)cc1. The summed E-state index contributed by atoms with van der Waals surface area (Å²) in [6.07, 6.45) is 5.52. The molecule has 4 aromatic rings. The number of fused-ring (bicyclic) bond motifs is 1. The largest absolute Gasteiger partial charge is 0.497 e. The van der Waals surface area contributed by atoms with Gasteiger partial charge in [-0.15, -0.1) is 0 Å². The molecule has 0 fully saturated rings. The maximum atomic E-state index is 13.1. The van der Waals surface area contributed by atoms with E-state index in [1.165, 1.54) is 0 Å². The molecule has 5 heteroatoms. The van der Waals surface area contributed by atoms with Gasteiger partial charge in [0.05, 0.1) is 30.3 Å². The van der Waals surface area contributed by atoms with Crippen molar-refractivity contribution in [3.05, 3.63) is 100 Å². The fourth-order valence-corrected chi connectivity index (χ4v) is 3.00. The second-order valence-corrected chi connectivity index (χ2v) is 6.31. The van der Waals surface area contributed by atoms with Crippen molar-refractivity contribution in [2.24, 2.45) is 0 Å². The van der Waals surface area contributed by atoms with E-state index in [0.29, 0.717) is 23.3 Å². The molecule has 0 spiro atoms. The quantitative estimate of drug-likeness (QED) is 0.533. The van der Waals surface area contributed by atoms with Crippen LogP contribution in [0.2, 0.25) is 0 Å². The fraction of sp³-hybridized carbons (Fsp3) is 0.0870. The Bertz CT molecular complexity index is 1180. The molecule has 0 atom stereocenters. The van der Waals surface area contributed by atoms with E-state index in [-0.39, 0.29) is 5.56 Å². The van der Waals surface area contributed by atoms with Crippen LogP contribution in [0.25, 0.3) is 23.1 Å². The summed E-state index contributed by atoms with van der Waals surface area (Å²) >= 11 is 0. The Balaban J connectivity index is 1.79. The summed E-state index contributed by atoms with van der Waals surface area (Å²) in [5.41, 5.74) is 2.40. The first-order valence-electron chi connectivity index (χ1n) is 8.96. The van der Waals surface area contributed by atoms with Crippen LogP contribution in [-0.2, 0) is 6.54 Å². The zero-order valence-electron chi connectivity index (χ0n) is 15.4. The van der Waals surface area contributed by atoms with Crippen LogP contribution < -0.4 is 10.3 Å². The van der Waals surface area contributed by atoms with Crippen molar-refractivity contribution >= 4 is 23.1 Å². The van der Waals surface area contributed by atoms with E-state index in [1.807, 2.05) is 72.8 Å². The van der Waals surface area contributed by atoms with E-state index in [0.717, 1.165) is 17.0 Å². The highest BCUT2D eigenvalue weighted by Gasteiger charge is 2.10. The molecular formula is C23H19N3O2. The molecule has 138 valence electrons. The van der Waals surface area contributed by atoms with E-state index in [1.54, 1.807) is 23.9 Å². The summed E-state index contributed by atoms with van der Waals surface area (Å²) in [6.45, 7) is 0.361. The van der Waals surface area contributed by atoms with Crippen molar-refractivity contribution in [2.75, 3.05) is 7.11 Å². The Hall–Kier alpha value is -3.73. The third kappa shape index (κ3) is 3.69. The first kappa shape index (κ1) is 17.7. The lowest BCUT2D eigenvalue weighted by Crippen LogP contribution is -2.24. The van der Waals surface area contributed by atoms with Gasteiger partial charge in [-0.3, -0.25) is 14.3 Å². The maximum absolute atomic E-state index is 13.1. The predicted octanol–water partition coefficient (Wildman–Crippen LogP) is 4.02. The second-order valence-electron chi connectivity index (χ2n) is 6.31. The molecule has 0 bridgehead atoms. The van der Waals surface area contributed by atoms with E-state index in [4.69, 9.17) is 9.72 Å². The van der Waals surface area contributed by atoms with Gasteiger partial charge < -0.3 is 4.74 Å². The van der Waals surface area contributed by atoms with Gasteiger partial charge in [0.15, 0.2) is 0 Å². The average molecular weight is 369 g/mol. The predicted molar refractivity (Wildman–Crippen MR) is 111 cm³/mol. The molecule has 0 saturated heterocycles. The molecule has 5 nitrogen and oxygen atoms in total. The standard InChI is InChI=1S/C23H19N3O2/c1-28-19-12-9-17(10-13-19)11-14-22-25-21-8-3-2-7-20(21)23(27)26(22)16-18-6-4-5-15-24-18/h2-15H,16H2,1H3/b14-11+. The van der Waals surface area contributed by atoms with Gasteiger partial charge in [-0.1, -0.05) is 36.4 Å². The van der Waals surface area contributed by atoms with Crippen LogP contribution >= 0.6 is 0 Å². The molecule has 2 aromatic carbocycles. The summed E-state index contributed by atoms with van der Waals surface area (Å²) in [4.78, 5) is 22.1. The molecule has 2 heterocycles. The zero-order chi connectivity index (χ0) is 19.3. The minimum absolute atomic E-state index is 0.0781. The molecule has 0 radical (unpaired) electrons. The molecule has 28 heavy (non-hydrogen) atoms. The number of hydrogen-bond acceptors (Lipinski definition) is 4. The van der Waals surface area contributed by atoms with E-state index < -0.39 is 0 Å². The highest BCUT2D eigenvalue weighted by molar-refractivity contribution is 5.79. The number of ether oxygens (including phenoxy) is 1. The van der Waals surface area contributed by atoms with E-state index in [9.17, 15) is 4.79 Å². The van der Waals surface area contributed by atoms with Gasteiger partial charge in [0.25, 0.3) is 5.56 Å². The lowest BCUT2D eigenvalue weighted by molar-refractivity contribution is 0.415. The van der Waals surface area contributed by atoms with E-state index >= 15 is 0 Å². The van der Waals surface area contributed by atoms with Gasteiger partial charge in [0.2, 0.25) is 0 Å². The van der Waals surface area contributed by atoms with Crippen LogP contribution in [0.4, 0.5) is 0 Å². The second kappa shape index (κ2) is 7.88. The number of aromatic nitrogens is 3. The van der Waals surface area contributed by atoms with Crippen molar-refractivity contribution in [2.45, 2.75) is 6.54 Å². The van der Waals surface area contributed by atoms with Gasteiger partial charge in [0.1, 0.15) is 11.6 Å². The third-order valence-corrected chi connectivity index (χ3v) is 4.48. The lowest BCUT2D eigenvalue weighted by atomic mass is 10.2. The van der Waals surface area contributed by atoms with Crippen LogP contribution in [0.3, 0.4) is 0 Å². The van der Waals surface area contributed by atoms with Crippen LogP contribution in [0.5, 0.6) is 5.75 Å². The van der Waals surface area contributed by atoms with Crippen LogP contribution in [0, 0.1) is 0 Å². The van der Waals surface area contributed by atoms with Crippen molar-refractivity contribution in [3.8, 4) is 5.75 Å². The summed E-state index contributed by atoms with van der Waals surface area (Å²) in [5, 5.41) is 0.597. The van der Waals surface area contributed by atoms with Crippen LogP contribution in [0.15, 0.2) is 77.7 Å².